The molecule has 0 aliphatic rings. The zero-order valence-corrected chi connectivity index (χ0v) is 19.5. The topological polar surface area (TPSA) is 113 Å². The molecule has 0 amide bonds. The summed E-state index contributed by atoms with van der Waals surface area (Å²) in [5.74, 6) is -0.0488. The molecule has 30 heavy (non-hydrogen) atoms. The van der Waals surface area contributed by atoms with Crippen molar-refractivity contribution in [3.63, 3.8) is 0 Å². The molecule has 0 spiro atoms. The van der Waals surface area contributed by atoms with Crippen molar-refractivity contribution in [1.29, 1.82) is 0 Å². The van der Waals surface area contributed by atoms with Crippen molar-refractivity contribution in [2.75, 3.05) is 5.75 Å². The summed E-state index contributed by atoms with van der Waals surface area (Å²) < 4.78 is 44.7. The molecule has 0 heterocycles. The number of hydrogen-bond acceptors (Lipinski definition) is 4. The molecule has 2 aromatic rings. The molecule has 0 saturated heterocycles. The second-order valence-corrected chi connectivity index (χ2v) is 11.1. The molecule has 2 aromatic carbocycles. The number of nitrogens with one attached hydrogen (secondary N) is 1. The van der Waals surface area contributed by atoms with Crippen LogP contribution in [0, 0.1) is 0 Å². The zero-order chi connectivity index (χ0) is 22.4. The predicted octanol–water partition coefficient (Wildman–Crippen LogP) is 4.66. The number of fused-ring (bicyclic) bond motifs is 1. The third-order valence-electron chi connectivity index (χ3n) is 4.97. The van der Waals surface area contributed by atoms with Crippen LogP contribution in [0.4, 0.5) is 0 Å². The summed E-state index contributed by atoms with van der Waals surface area (Å²) in [5.41, 5.74) is -0.918. The van der Waals surface area contributed by atoms with E-state index in [0.717, 1.165) is 36.5 Å². The maximum absolute atomic E-state index is 12.8. The first-order valence-corrected chi connectivity index (χ1v) is 13.4. The summed E-state index contributed by atoms with van der Waals surface area (Å²) in [4.78, 5) is 18.7. The van der Waals surface area contributed by atoms with Crippen LogP contribution < -0.4 is 4.72 Å². The second kappa shape index (κ2) is 10.4. The largest absolute Gasteiger partial charge is 0.470 e. The Kier molecular flexibility index (Phi) is 8.62. The van der Waals surface area contributed by atoms with Crippen LogP contribution >= 0.6 is 7.82 Å². The van der Waals surface area contributed by atoms with E-state index in [0.29, 0.717) is 12.0 Å². The quantitative estimate of drug-likeness (QED) is 0.316. The van der Waals surface area contributed by atoms with Gasteiger partial charge in [-0.1, -0.05) is 69.0 Å². The van der Waals surface area contributed by atoms with Crippen LogP contribution in [0.25, 0.3) is 10.8 Å². The van der Waals surface area contributed by atoms with E-state index in [-0.39, 0.29) is 5.75 Å². The fourth-order valence-corrected chi connectivity index (χ4v) is 5.69. The minimum absolute atomic E-state index is 0.0488. The maximum atomic E-state index is 12.8. The molecule has 1 atom stereocenters. The molecule has 0 saturated carbocycles. The van der Waals surface area contributed by atoms with E-state index in [2.05, 4.69) is 11.6 Å². The fourth-order valence-electron chi connectivity index (χ4n) is 3.49. The van der Waals surface area contributed by atoms with E-state index in [1.54, 1.807) is 6.07 Å². The van der Waals surface area contributed by atoms with Gasteiger partial charge in [-0.25, -0.2) is 17.7 Å². The van der Waals surface area contributed by atoms with E-state index in [4.69, 9.17) is 4.52 Å². The van der Waals surface area contributed by atoms with Gasteiger partial charge in [0.15, 0.2) is 0 Å². The van der Waals surface area contributed by atoms with E-state index in [9.17, 15) is 22.8 Å². The Bertz CT molecular complexity index is 986. The highest BCUT2D eigenvalue weighted by atomic mass is 32.2. The van der Waals surface area contributed by atoms with Gasteiger partial charge in [0, 0.05) is 0 Å². The lowest BCUT2D eigenvalue weighted by molar-refractivity contribution is 0.0377. The van der Waals surface area contributed by atoms with Crippen LogP contribution in [-0.2, 0) is 19.1 Å². The average molecular weight is 458 g/mol. The van der Waals surface area contributed by atoms with Crippen molar-refractivity contribution < 1.29 is 27.3 Å². The Balaban J connectivity index is 2.32. The van der Waals surface area contributed by atoms with Crippen LogP contribution in [0.15, 0.2) is 42.5 Å². The first kappa shape index (κ1) is 25.0. The Labute approximate surface area is 179 Å². The van der Waals surface area contributed by atoms with E-state index < -0.39 is 29.5 Å². The van der Waals surface area contributed by atoms with Gasteiger partial charge in [-0.05, 0) is 42.7 Å². The first-order valence-electron chi connectivity index (χ1n) is 10.2. The molecule has 168 valence electrons. The van der Waals surface area contributed by atoms with Crippen molar-refractivity contribution in [2.45, 2.75) is 64.5 Å². The Hall–Kier alpha value is -1.28. The predicted molar refractivity (Wildman–Crippen MR) is 120 cm³/mol. The molecule has 0 aliphatic heterocycles. The molecule has 0 fully saturated rings. The molecule has 2 rings (SSSR count). The van der Waals surface area contributed by atoms with E-state index >= 15 is 0 Å². The Morgan fingerprint density at radius 3 is 2.30 bits per heavy atom. The van der Waals surface area contributed by atoms with E-state index in [1.807, 2.05) is 36.4 Å². The minimum atomic E-state index is -4.84. The van der Waals surface area contributed by atoms with Crippen LogP contribution in [0.3, 0.4) is 0 Å². The lowest BCUT2D eigenvalue weighted by atomic mass is 9.91. The van der Waals surface area contributed by atoms with Crippen LogP contribution in [0.2, 0.25) is 0 Å². The van der Waals surface area contributed by atoms with Gasteiger partial charge in [0.25, 0.3) is 0 Å². The zero-order valence-electron chi connectivity index (χ0n) is 17.7. The van der Waals surface area contributed by atoms with Gasteiger partial charge >= 0.3 is 7.82 Å². The molecule has 0 bridgehead atoms. The monoisotopic (exact) mass is 457 g/mol. The number of benzene rings is 2. The standard InChI is InChI=1S/C21H32NO6PS/c1-4-5-6-7-10-15-30(26,27)22-20(21(2,3)28-29(23,24)25)19-14-13-17-11-8-9-12-18(17)16-19/h8-9,11-14,16,20,22H,4-7,10,15H2,1-3H3,(H2,23,24,25). The van der Waals surface area contributed by atoms with Gasteiger partial charge in [-0.3, -0.25) is 4.52 Å². The van der Waals surface area contributed by atoms with Crippen molar-refractivity contribution >= 4 is 28.6 Å². The van der Waals surface area contributed by atoms with Gasteiger partial charge in [0.2, 0.25) is 10.0 Å². The lowest BCUT2D eigenvalue weighted by Gasteiger charge is -2.35. The summed E-state index contributed by atoms with van der Waals surface area (Å²) in [5, 5.41) is 1.87. The smallest absolute Gasteiger partial charge is 0.303 e. The molecule has 1 unspecified atom stereocenters. The molecular formula is C21H32NO6PS. The summed E-state index contributed by atoms with van der Waals surface area (Å²) in [6, 6.07) is 12.1. The average Bonchev–Trinajstić information content (AvgIpc) is 2.63. The fraction of sp³-hybridized carbons (Fsp3) is 0.524. The number of phosphoric ester groups is 1. The number of unbranched alkanes of at least 4 members (excludes halogenated alkanes) is 4. The highest BCUT2D eigenvalue weighted by molar-refractivity contribution is 7.89. The minimum Gasteiger partial charge on any atom is -0.303 e. The Morgan fingerprint density at radius 2 is 1.67 bits per heavy atom. The van der Waals surface area contributed by atoms with Crippen LogP contribution in [-0.4, -0.2) is 29.6 Å². The highest BCUT2D eigenvalue weighted by Gasteiger charge is 2.40. The van der Waals surface area contributed by atoms with Crippen molar-refractivity contribution in [3.05, 3.63) is 48.0 Å². The maximum Gasteiger partial charge on any atom is 0.470 e. The molecule has 7 nitrogen and oxygen atoms in total. The molecule has 0 aliphatic carbocycles. The second-order valence-electron chi connectivity index (χ2n) is 8.08. The number of sulfonamides is 1. The SMILES string of the molecule is CCCCCCCS(=O)(=O)NC(c1ccc2ccccc2c1)C(C)(C)OP(=O)(O)O. The van der Waals surface area contributed by atoms with Crippen LogP contribution in [0.5, 0.6) is 0 Å². The number of phosphoric acid groups is 1. The van der Waals surface area contributed by atoms with Crippen molar-refractivity contribution in [2.24, 2.45) is 0 Å². The third-order valence-corrected chi connectivity index (χ3v) is 7.10. The van der Waals surface area contributed by atoms with Crippen molar-refractivity contribution in [3.8, 4) is 0 Å². The normalized spacial score (nSPS) is 14.2. The highest BCUT2D eigenvalue weighted by Crippen LogP contribution is 2.46. The van der Waals surface area contributed by atoms with Gasteiger partial charge in [0.1, 0.15) is 0 Å². The van der Waals surface area contributed by atoms with E-state index in [1.165, 1.54) is 13.8 Å². The number of hydrogen-bond donors (Lipinski definition) is 3. The van der Waals surface area contributed by atoms with Gasteiger partial charge in [-0.2, -0.15) is 0 Å². The molecule has 3 N–H and O–H groups in total. The van der Waals surface area contributed by atoms with Gasteiger partial charge < -0.3 is 9.79 Å². The first-order chi connectivity index (χ1) is 13.9. The summed E-state index contributed by atoms with van der Waals surface area (Å²) in [6.07, 6.45) is 4.46. The molecular weight excluding hydrogens is 425 g/mol. The third kappa shape index (κ3) is 7.76. The number of rotatable bonds is 12. The van der Waals surface area contributed by atoms with Gasteiger partial charge in [0.05, 0.1) is 17.4 Å². The molecule has 0 aromatic heterocycles. The summed E-state index contributed by atoms with van der Waals surface area (Å²) in [7, 11) is -8.53. The van der Waals surface area contributed by atoms with Gasteiger partial charge in [-0.15, -0.1) is 0 Å². The summed E-state index contributed by atoms with van der Waals surface area (Å²) >= 11 is 0. The molecule has 9 heteroatoms. The van der Waals surface area contributed by atoms with Crippen molar-refractivity contribution in [1.82, 2.24) is 4.72 Å². The lowest BCUT2D eigenvalue weighted by Crippen LogP contribution is -2.44. The summed E-state index contributed by atoms with van der Waals surface area (Å²) in [6.45, 7) is 5.03. The van der Waals surface area contributed by atoms with Crippen LogP contribution in [0.1, 0.15) is 64.5 Å². The molecule has 0 radical (unpaired) electrons. The Morgan fingerprint density at radius 1 is 1.03 bits per heavy atom.